The number of phenolic OH excluding ortho intramolecular Hbond substituents is 1. The molecule has 0 spiro atoms. The summed E-state index contributed by atoms with van der Waals surface area (Å²) in [5, 5.41) is 27.2. The minimum absolute atomic E-state index is 0.146. The molecule has 0 radical (unpaired) electrons. The summed E-state index contributed by atoms with van der Waals surface area (Å²) in [5.74, 6) is -0.532. The van der Waals surface area contributed by atoms with Crippen LogP contribution in [0.5, 0.6) is 11.5 Å². The highest BCUT2D eigenvalue weighted by Crippen LogP contribution is 2.35. The van der Waals surface area contributed by atoms with Crippen LogP contribution >= 0.6 is 12.2 Å². The number of nitrogens with zero attached hydrogens (tertiary/aromatic N) is 1. The molecule has 0 aromatic heterocycles. The second-order valence-corrected chi connectivity index (χ2v) is 6.18. The molecule has 0 aliphatic carbocycles. The fraction of sp³-hybridized carbons (Fsp3) is 0.111. The number of benzene rings is 2. The van der Waals surface area contributed by atoms with Crippen molar-refractivity contribution in [1.82, 2.24) is 10.6 Å². The fourth-order valence-electron chi connectivity index (χ4n) is 2.73. The van der Waals surface area contributed by atoms with Gasteiger partial charge in [0.2, 0.25) is 0 Å². The number of non-ortho nitro benzene ring substituents is 1. The number of esters is 1. The number of carbonyl (C=O) groups is 1. The Kier molecular flexibility index (Phi) is 5.04. The first kappa shape index (κ1) is 18.3. The number of nitrogens with one attached hydrogen (secondary N) is 2. The lowest BCUT2D eigenvalue weighted by atomic mass is 9.94. The predicted octanol–water partition coefficient (Wildman–Crippen LogP) is 2.70. The Morgan fingerprint density at radius 1 is 1.26 bits per heavy atom. The van der Waals surface area contributed by atoms with E-state index < -0.39 is 16.9 Å². The van der Waals surface area contributed by atoms with Gasteiger partial charge in [-0.25, -0.2) is 4.79 Å². The molecular formula is C18H15N3O5S. The van der Waals surface area contributed by atoms with Gasteiger partial charge in [-0.2, -0.15) is 0 Å². The molecule has 3 rings (SSSR count). The molecule has 138 valence electrons. The van der Waals surface area contributed by atoms with Crippen LogP contribution in [0.25, 0.3) is 0 Å². The van der Waals surface area contributed by atoms with Crippen LogP contribution in [0.4, 0.5) is 5.69 Å². The third-order valence-corrected chi connectivity index (χ3v) is 4.20. The summed E-state index contributed by atoms with van der Waals surface area (Å²) in [6.07, 6.45) is 0. The minimum Gasteiger partial charge on any atom is -0.508 e. The number of rotatable bonds is 4. The molecule has 1 atom stereocenters. The van der Waals surface area contributed by atoms with Crippen LogP contribution in [-0.4, -0.2) is 21.1 Å². The number of aromatic hydroxyl groups is 1. The van der Waals surface area contributed by atoms with Gasteiger partial charge in [0.15, 0.2) is 5.11 Å². The SMILES string of the molecule is CC1=C(C(=O)Oc2ccccc2)C(c2cc([N+](=O)[O-])ccc2O)NC(=S)N1. The summed E-state index contributed by atoms with van der Waals surface area (Å²) in [6.45, 7) is 1.64. The van der Waals surface area contributed by atoms with Crippen molar-refractivity contribution in [2.45, 2.75) is 13.0 Å². The van der Waals surface area contributed by atoms with Crippen LogP contribution in [-0.2, 0) is 4.79 Å². The third-order valence-electron chi connectivity index (χ3n) is 3.98. The molecule has 3 N–H and O–H groups in total. The average molecular weight is 385 g/mol. The number of allylic oxidation sites excluding steroid dienone is 1. The molecule has 8 nitrogen and oxygen atoms in total. The first-order chi connectivity index (χ1) is 12.9. The molecule has 0 fully saturated rings. The van der Waals surface area contributed by atoms with Gasteiger partial charge in [0.25, 0.3) is 5.69 Å². The van der Waals surface area contributed by atoms with E-state index in [1.54, 1.807) is 37.3 Å². The Hall–Kier alpha value is -3.46. The normalized spacial score (nSPS) is 16.3. The van der Waals surface area contributed by atoms with Gasteiger partial charge in [0, 0.05) is 23.4 Å². The number of ether oxygens (including phenoxy) is 1. The zero-order chi connectivity index (χ0) is 19.6. The van der Waals surface area contributed by atoms with Crippen LogP contribution in [0.1, 0.15) is 18.5 Å². The van der Waals surface area contributed by atoms with E-state index in [1.165, 1.54) is 18.2 Å². The first-order valence-corrected chi connectivity index (χ1v) is 8.30. The van der Waals surface area contributed by atoms with Gasteiger partial charge >= 0.3 is 5.97 Å². The molecule has 0 amide bonds. The monoisotopic (exact) mass is 385 g/mol. The summed E-state index contributed by atoms with van der Waals surface area (Å²) in [5.41, 5.74) is 0.508. The van der Waals surface area contributed by atoms with E-state index in [1.807, 2.05) is 0 Å². The summed E-state index contributed by atoms with van der Waals surface area (Å²) in [4.78, 5) is 23.3. The Morgan fingerprint density at radius 3 is 2.63 bits per heavy atom. The van der Waals surface area contributed by atoms with E-state index in [0.29, 0.717) is 11.4 Å². The second-order valence-electron chi connectivity index (χ2n) is 5.77. The van der Waals surface area contributed by atoms with Crippen molar-refractivity contribution in [3.05, 3.63) is 75.5 Å². The van der Waals surface area contributed by atoms with Gasteiger partial charge in [0.1, 0.15) is 11.5 Å². The number of nitro benzene ring substituents is 1. The van der Waals surface area contributed by atoms with Crippen molar-refractivity contribution in [2.24, 2.45) is 0 Å². The van der Waals surface area contributed by atoms with E-state index in [9.17, 15) is 20.0 Å². The minimum atomic E-state index is -0.908. The number of hydrogen-bond acceptors (Lipinski definition) is 6. The molecule has 1 aliphatic rings. The molecule has 27 heavy (non-hydrogen) atoms. The molecule has 0 saturated carbocycles. The number of para-hydroxylation sites is 1. The zero-order valence-electron chi connectivity index (χ0n) is 14.1. The molecular weight excluding hydrogens is 370 g/mol. The largest absolute Gasteiger partial charge is 0.508 e. The summed E-state index contributed by atoms with van der Waals surface area (Å²) in [7, 11) is 0. The Bertz CT molecular complexity index is 959. The standard InChI is InChI=1S/C18H15N3O5S/c1-10-15(17(23)26-12-5-3-2-4-6-12)16(20-18(27)19-10)13-9-11(21(24)25)7-8-14(13)22/h2-9,16,22H,1H3,(H2,19,20,27). The quantitative estimate of drug-likeness (QED) is 0.242. The maximum atomic E-state index is 12.8. The van der Waals surface area contributed by atoms with Gasteiger partial charge in [-0.05, 0) is 37.3 Å². The van der Waals surface area contributed by atoms with E-state index in [0.717, 1.165) is 0 Å². The van der Waals surface area contributed by atoms with Gasteiger partial charge in [-0.1, -0.05) is 18.2 Å². The van der Waals surface area contributed by atoms with Gasteiger partial charge in [-0.15, -0.1) is 0 Å². The van der Waals surface area contributed by atoms with Gasteiger partial charge < -0.3 is 20.5 Å². The Morgan fingerprint density at radius 2 is 1.96 bits per heavy atom. The topological polar surface area (TPSA) is 114 Å². The Balaban J connectivity index is 2.03. The predicted molar refractivity (Wildman–Crippen MR) is 101 cm³/mol. The maximum absolute atomic E-state index is 12.8. The number of nitro groups is 1. The summed E-state index contributed by atoms with van der Waals surface area (Å²) < 4.78 is 5.39. The Labute approximate surface area is 159 Å². The molecule has 0 saturated heterocycles. The lowest BCUT2D eigenvalue weighted by molar-refractivity contribution is -0.385. The van der Waals surface area contributed by atoms with E-state index in [2.05, 4.69) is 10.6 Å². The van der Waals surface area contributed by atoms with Gasteiger partial charge in [0.05, 0.1) is 16.5 Å². The number of hydrogen-bond donors (Lipinski definition) is 3. The molecule has 2 aromatic rings. The zero-order valence-corrected chi connectivity index (χ0v) is 14.9. The fourth-order valence-corrected chi connectivity index (χ4v) is 3.01. The summed E-state index contributed by atoms with van der Waals surface area (Å²) >= 11 is 5.13. The van der Waals surface area contributed by atoms with Crippen LogP contribution in [0, 0.1) is 10.1 Å². The van der Waals surface area contributed by atoms with E-state index >= 15 is 0 Å². The van der Waals surface area contributed by atoms with E-state index in [4.69, 9.17) is 17.0 Å². The highest BCUT2D eigenvalue weighted by molar-refractivity contribution is 7.80. The van der Waals surface area contributed by atoms with Crippen LogP contribution in [0.2, 0.25) is 0 Å². The lowest BCUT2D eigenvalue weighted by Crippen LogP contribution is -2.45. The number of thiocarbonyl (C=S) groups is 1. The summed E-state index contributed by atoms with van der Waals surface area (Å²) in [6, 6.07) is 11.2. The molecule has 1 heterocycles. The highest BCUT2D eigenvalue weighted by Gasteiger charge is 2.33. The molecule has 1 aliphatic heterocycles. The molecule has 9 heteroatoms. The number of phenols is 1. The van der Waals surface area contributed by atoms with Gasteiger partial charge in [-0.3, -0.25) is 10.1 Å². The molecule has 0 bridgehead atoms. The van der Waals surface area contributed by atoms with Crippen LogP contribution in [0.15, 0.2) is 59.8 Å². The smallest absolute Gasteiger partial charge is 0.343 e. The first-order valence-electron chi connectivity index (χ1n) is 7.89. The van der Waals surface area contributed by atoms with Crippen molar-refractivity contribution in [1.29, 1.82) is 0 Å². The van der Waals surface area contributed by atoms with Crippen molar-refractivity contribution in [3.63, 3.8) is 0 Å². The third kappa shape index (κ3) is 3.87. The van der Waals surface area contributed by atoms with E-state index in [-0.39, 0.29) is 27.7 Å². The second kappa shape index (κ2) is 7.42. The van der Waals surface area contributed by atoms with Crippen molar-refractivity contribution >= 4 is 29.0 Å². The van der Waals surface area contributed by atoms with Crippen molar-refractivity contribution < 1.29 is 19.6 Å². The molecule has 1 unspecified atom stereocenters. The van der Waals surface area contributed by atoms with Crippen molar-refractivity contribution in [3.8, 4) is 11.5 Å². The van der Waals surface area contributed by atoms with Crippen LogP contribution < -0.4 is 15.4 Å². The lowest BCUT2D eigenvalue weighted by Gasteiger charge is -2.30. The van der Waals surface area contributed by atoms with Crippen molar-refractivity contribution in [2.75, 3.05) is 0 Å². The number of carbonyl (C=O) groups excluding carboxylic acids is 1. The van der Waals surface area contributed by atoms with Crippen LogP contribution in [0.3, 0.4) is 0 Å². The average Bonchev–Trinajstić information content (AvgIpc) is 2.62. The molecule has 2 aromatic carbocycles. The maximum Gasteiger partial charge on any atom is 0.343 e. The highest BCUT2D eigenvalue weighted by atomic mass is 32.1.